The van der Waals surface area contributed by atoms with Crippen molar-refractivity contribution in [2.24, 2.45) is 4.99 Å². The Hall–Kier alpha value is -2.00. The lowest BCUT2D eigenvalue weighted by Gasteiger charge is -2.08. The van der Waals surface area contributed by atoms with E-state index in [9.17, 15) is 13.2 Å². The molecule has 0 saturated carbocycles. The van der Waals surface area contributed by atoms with Gasteiger partial charge >= 0.3 is 0 Å². The number of hydrogen-bond donors (Lipinski definition) is 0. The molecule has 0 unspecified atom stereocenters. The van der Waals surface area contributed by atoms with Crippen LogP contribution >= 0.6 is 22.9 Å². The van der Waals surface area contributed by atoms with E-state index >= 15 is 0 Å². The number of amides is 1. The maximum atomic E-state index is 12.8. The van der Waals surface area contributed by atoms with E-state index in [1.54, 1.807) is 39.2 Å². The minimum absolute atomic E-state index is 0.115. The average Bonchev–Trinajstić information content (AvgIpc) is 3.02. The number of aromatic nitrogens is 1. The second-order valence-corrected chi connectivity index (χ2v) is 10.6. The summed E-state index contributed by atoms with van der Waals surface area (Å²) in [6, 6.07) is 11.5. The highest BCUT2D eigenvalue weighted by Gasteiger charge is 2.20. The molecule has 0 fully saturated rings. The fourth-order valence-electron chi connectivity index (χ4n) is 2.76. The highest BCUT2D eigenvalue weighted by atomic mass is 35.5. The lowest BCUT2D eigenvalue weighted by Crippen LogP contribution is -2.19. The summed E-state index contributed by atoms with van der Waals surface area (Å²) in [5, 5.41) is 0.0236. The van der Waals surface area contributed by atoms with Crippen LogP contribution in [0.1, 0.15) is 24.2 Å². The summed E-state index contributed by atoms with van der Waals surface area (Å²) < 4.78 is 32.8. The first-order valence-electron chi connectivity index (χ1n) is 8.95. The summed E-state index contributed by atoms with van der Waals surface area (Å²) in [7, 11) is -1.87. The third kappa shape index (κ3) is 4.61. The Kier molecular flexibility index (Phi) is 6.58. The van der Waals surface area contributed by atoms with Crippen LogP contribution in [0.25, 0.3) is 10.2 Å². The van der Waals surface area contributed by atoms with Crippen molar-refractivity contribution in [3.05, 3.63) is 57.9 Å². The van der Waals surface area contributed by atoms with Crippen LogP contribution in [-0.4, -0.2) is 37.9 Å². The molecule has 3 aromatic rings. The van der Waals surface area contributed by atoms with Gasteiger partial charge in [-0.2, -0.15) is 4.99 Å². The predicted molar refractivity (Wildman–Crippen MR) is 115 cm³/mol. The molecule has 0 aliphatic carbocycles. The minimum Gasteiger partial charge on any atom is -0.383 e. The van der Waals surface area contributed by atoms with Crippen LogP contribution in [0.15, 0.2) is 52.4 Å². The number of ether oxygens (including phenoxy) is 1. The number of carbonyl (C=O) groups is 1. The van der Waals surface area contributed by atoms with Gasteiger partial charge in [0.05, 0.1) is 27.0 Å². The zero-order chi connectivity index (χ0) is 21.2. The standard InChI is InChI=1S/C20H21ClN2O4S2/c1-13(2)29(25,26)16-6-4-5-14(11-16)19(24)22-20-23(9-10-27-3)17-8-7-15(21)12-18(17)28-20/h4-8,11-13H,9-10H2,1-3H3. The number of fused-ring (bicyclic) bond motifs is 1. The van der Waals surface area contributed by atoms with Crippen LogP contribution in [0.4, 0.5) is 0 Å². The molecule has 1 aromatic heterocycles. The van der Waals surface area contributed by atoms with E-state index in [0.717, 1.165) is 10.2 Å². The van der Waals surface area contributed by atoms with Crippen molar-refractivity contribution in [3.63, 3.8) is 0 Å². The number of rotatable bonds is 6. The maximum Gasteiger partial charge on any atom is 0.279 e. The van der Waals surface area contributed by atoms with Gasteiger partial charge in [0.15, 0.2) is 14.6 Å². The first kappa shape index (κ1) is 21.7. The highest BCUT2D eigenvalue weighted by molar-refractivity contribution is 7.92. The van der Waals surface area contributed by atoms with Crippen LogP contribution in [0.5, 0.6) is 0 Å². The summed E-state index contributed by atoms with van der Waals surface area (Å²) in [6.45, 7) is 4.19. The third-order valence-corrected chi connectivity index (χ3v) is 7.82. The molecule has 1 heterocycles. The summed E-state index contributed by atoms with van der Waals surface area (Å²) in [5.74, 6) is -0.505. The summed E-state index contributed by atoms with van der Waals surface area (Å²) in [5.41, 5.74) is 1.12. The lowest BCUT2D eigenvalue weighted by molar-refractivity contribution is 0.0997. The average molecular weight is 453 g/mol. The normalized spacial score (nSPS) is 12.8. The Bertz CT molecular complexity index is 1230. The van der Waals surface area contributed by atoms with Crippen LogP contribution in [0.3, 0.4) is 0 Å². The van der Waals surface area contributed by atoms with Crippen LogP contribution < -0.4 is 4.80 Å². The maximum absolute atomic E-state index is 12.8. The molecular formula is C20H21ClN2O4S2. The Balaban J connectivity index is 2.08. The topological polar surface area (TPSA) is 77.7 Å². The number of hydrogen-bond acceptors (Lipinski definition) is 5. The minimum atomic E-state index is -3.48. The number of thiazole rings is 1. The summed E-state index contributed by atoms with van der Waals surface area (Å²) in [4.78, 5) is 17.7. The van der Waals surface area contributed by atoms with Crippen molar-refractivity contribution >= 4 is 48.9 Å². The smallest absolute Gasteiger partial charge is 0.279 e. The number of nitrogens with zero attached hydrogens (tertiary/aromatic N) is 2. The van der Waals surface area contributed by atoms with Crippen LogP contribution in [0.2, 0.25) is 5.02 Å². The van der Waals surface area contributed by atoms with Crippen molar-refractivity contribution in [2.45, 2.75) is 30.5 Å². The summed E-state index contributed by atoms with van der Waals surface area (Å²) >= 11 is 7.43. The fraction of sp³-hybridized carbons (Fsp3) is 0.300. The first-order chi connectivity index (χ1) is 13.7. The summed E-state index contributed by atoms with van der Waals surface area (Å²) in [6.07, 6.45) is 0. The van der Waals surface area contributed by atoms with E-state index in [1.165, 1.54) is 23.5 Å². The second kappa shape index (κ2) is 8.79. The van der Waals surface area contributed by atoms with Gasteiger partial charge in [-0.25, -0.2) is 8.42 Å². The second-order valence-electron chi connectivity index (χ2n) is 6.68. The van der Waals surface area contributed by atoms with E-state index in [-0.39, 0.29) is 10.5 Å². The molecule has 0 N–H and O–H groups in total. The SMILES string of the molecule is COCCn1c(=NC(=O)c2cccc(S(=O)(=O)C(C)C)c2)sc2cc(Cl)ccc21. The van der Waals surface area contributed by atoms with Gasteiger partial charge < -0.3 is 9.30 Å². The Morgan fingerprint density at radius 2 is 2.00 bits per heavy atom. The van der Waals surface area contributed by atoms with Gasteiger partial charge in [-0.05, 0) is 50.2 Å². The molecule has 0 bridgehead atoms. The molecule has 0 aliphatic rings. The van der Waals surface area contributed by atoms with Crippen molar-refractivity contribution in [3.8, 4) is 0 Å². The fourth-order valence-corrected chi connectivity index (χ4v) is 5.20. The van der Waals surface area contributed by atoms with Gasteiger partial charge in [0, 0.05) is 24.2 Å². The van der Waals surface area contributed by atoms with Gasteiger partial charge in [0.2, 0.25) is 0 Å². The number of carbonyl (C=O) groups excluding carboxylic acids is 1. The largest absolute Gasteiger partial charge is 0.383 e. The zero-order valence-corrected chi connectivity index (χ0v) is 18.6. The van der Waals surface area contributed by atoms with Crippen molar-refractivity contribution in [1.29, 1.82) is 0 Å². The molecule has 1 amide bonds. The molecule has 2 aromatic carbocycles. The van der Waals surface area contributed by atoms with Crippen molar-refractivity contribution < 1.29 is 17.9 Å². The van der Waals surface area contributed by atoms with Gasteiger partial charge in [0.1, 0.15) is 0 Å². The molecule has 0 saturated heterocycles. The molecule has 3 rings (SSSR count). The van der Waals surface area contributed by atoms with Gasteiger partial charge in [0.25, 0.3) is 5.91 Å². The van der Waals surface area contributed by atoms with Crippen molar-refractivity contribution in [1.82, 2.24) is 4.57 Å². The van der Waals surface area contributed by atoms with E-state index in [4.69, 9.17) is 16.3 Å². The quantitative estimate of drug-likeness (QED) is 0.567. The molecule has 0 aliphatic heterocycles. The highest BCUT2D eigenvalue weighted by Crippen LogP contribution is 2.22. The van der Waals surface area contributed by atoms with E-state index in [2.05, 4.69) is 4.99 Å². The Morgan fingerprint density at radius 3 is 2.69 bits per heavy atom. The van der Waals surface area contributed by atoms with Gasteiger partial charge in [-0.1, -0.05) is 29.0 Å². The number of halogens is 1. The Labute approximate surface area is 178 Å². The van der Waals surface area contributed by atoms with E-state index < -0.39 is 21.0 Å². The molecule has 0 atom stereocenters. The van der Waals surface area contributed by atoms with Gasteiger partial charge in [-0.3, -0.25) is 4.79 Å². The molecule has 0 spiro atoms. The number of benzene rings is 2. The lowest BCUT2D eigenvalue weighted by atomic mass is 10.2. The molecule has 29 heavy (non-hydrogen) atoms. The molecular weight excluding hydrogens is 432 g/mol. The monoisotopic (exact) mass is 452 g/mol. The van der Waals surface area contributed by atoms with Crippen LogP contribution in [0, 0.1) is 0 Å². The molecule has 0 radical (unpaired) electrons. The van der Waals surface area contributed by atoms with Crippen LogP contribution in [-0.2, 0) is 21.1 Å². The molecule has 154 valence electrons. The number of sulfone groups is 1. The number of methoxy groups -OCH3 is 1. The van der Waals surface area contributed by atoms with Crippen molar-refractivity contribution in [2.75, 3.05) is 13.7 Å². The Morgan fingerprint density at radius 1 is 1.24 bits per heavy atom. The van der Waals surface area contributed by atoms with Gasteiger partial charge in [-0.15, -0.1) is 0 Å². The third-order valence-electron chi connectivity index (χ3n) is 4.39. The zero-order valence-electron chi connectivity index (χ0n) is 16.3. The van der Waals surface area contributed by atoms with E-state index in [0.29, 0.717) is 23.0 Å². The first-order valence-corrected chi connectivity index (χ1v) is 11.7. The molecule has 9 heteroatoms. The van der Waals surface area contributed by atoms with E-state index in [1.807, 2.05) is 16.7 Å². The molecule has 6 nitrogen and oxygen atoms in total. The predicted octanol–water partition coefficient (Wildman–Crippen LogP) is 3.93.